The zero-order valence-corrected chi connectivity index (χ0v) is 16.9. The lowest BCUT2D eigenvalue weighted by molar-refractivity contribution is 0.274. The third kappa shape index (κ3) is 8.59. The van der Waals surface area contributed by atoms with E-state index in [1.165, 1.54) is 0 Å². The number of hydrogen-bond acceptors (Lipinski definition) is 1. The first-order valence-corrected chi connectivity index (χ1v) is 10.8. The Hall–Kier alpha value is 0.440. The summed E-state index contributed by atoms with van der Waals surface area (Å²) in [6.07, 6.45) is 0. The van der Waals surface area contributed by atoms with Crippen molar-refractivity contribution in [2.45, 2.75) is 55.4 Å². The Labute approximate surface area is 137 Å². The maximum Gasteiger partial charge on any atom is 0.304 e. The van der Waals surface area contributed by atoms with Crippen LogP contribution in [0.3, 0.4) is 0 Å². The quantitative estimate of drug-likeness (QED) is 0.487. The first-order valence-electron chi connectivity index (χ1n) is 8.27. The molecule has 21 heavy (non-hydrogen) atoms. The van der Waals surface area contributed by atoms with Crippen molar-refractivity contribution in [2.24, 2.45) is 23.7 Å². The first-order chi connectivity index (χ1) is 9.46. The van der Waals surface area contributed by atoms with Gasteiger partial charge in [-0.15, -0.1) is 0 Å². The molecule has 128 valence electrons. The standard InChI is InChI=1S/C16H36ClN2OP/c1-13(2)9-18(10-14(3)4)21(17,20)19(11-15(5)6)12-16(7)8/h13-16H,9-12H2,1-8H3. The van der Waals surface area contributed by atoms with Crippen LogP contribution in [-0.4, -0.2) is 35.5 Å². The fraction of sp³-hybridized carbons (Fsp3) is 1.00. The molecule has 0 aromatic rings. The molecule has 0 aromatic carbocycles. The maximum atomic E-state index is 13.4. The zero-order chi connectivity index (χ0) is 16.8. The van der Waals surface area contributed by atoms with Gasteiger partial charge in [0.1, 0.15) is 0 Å². The minimum Gasteiger partial charge on any atom is -0.271 e. The van der Waals surface area contributed by atoms with E-state index in [2.05, 4.69) is 55.4 Å². The van der Waals surface area contributed by atoms with Gasteiger partial charge in [0.05, 0.1) is 0 Å². The first kappa shape index (κ1) is 21.4. The Morgan fingerprint density at radius 3 is 1.00 bits per heavy atom. The number of nitrogens with zero attached hydrogens (tertiary/aromatic N) is 2. The van der Waals surface area contributed by atoms with Crippen LogP contribution in [0, 0.1) is 23.7 Å². The second-order valence-corrected chi connectivity index (χ2v) is 11.2. The van der Waals surface area contributed by atoms with Gasteiger partial charge < -0.3 is 0 Å². The van der Waals surface area contributed by atoms with Gasteiger partial charge in [0.15, 0.2) is 0 Å². The molecule has 0 aromatic heterocycles. The van der Waals surface area contributed by atoms with E-state index in [9.17, 15) is 4.57 Å². The van der Waals surface area contributed by atoms with Crippen molar-refractivity contribution in [1.82, 2.24) is 9.34 Å². The van der Waals surface area contributed by atoms with E-state index in [0.29, 0.717) is 23.7 Å². The highest BCUT2D eigenvalue weighted by Gasteiger charge is 2.36. The van der Waals surface area contributed by atoms with Crippen molar-refractivity contribution in [3.63, 3.8) is 0 Å². The summed E-state index contributed by atoms with van der Waals surface area (Å²) in [5, 5.41) is 0. The minimum atomic E-state index is -2.99. The summed E-state index contributed by atoms with van der Waals surface area (Å²) in [5.41, 5.74) is 0. The maximum absolute atomic E-state index is 13.4. The summed E-state index contributed by atoms with van der Waals surface area (Å²) in [6, 6.07) is 0. The average molecular weight is 339 g/mol. The molecule has 0 atom stereocenters. The van der Waals surface area contributed by atoms with Gasteiger partial charge in [-0.3, -0.25) is 4.57 Å². The number of halogens is 1. The predicted molar refractivity (Wildman–Crippen MR) is 96.0 cm³/mol. The van der Waals surface area contributed by atoms with Gasteiger partial charge in [0, 0.05) is 26.2 Å². The van der Waals surface area contributed by atoms with Crippen molar-refractivity contribution in [1.29, 1.82) is 0 Å². The molecule has 3 nitrogen and oxygen atoms in total. The Morgan fingerprint density at radius 2 is 0.857 bits per heavy atom. The SMILES string of the molecule is CC(C)CN(CC(C)C)P(=O)(Cl)N(CC(C)C)CC(C)C. The topological polar surface area (TPSA) is 23.6 Å². The van der Waals surface area contributed by atoms with Gasteiger partial charge in [-0.05, 0) is 34.9 Å². The monoisotopic (exact) mass is 338 g/mol. The molecular formula is C16H36ClN2OP. The fourth-order valence-corrected chi connectivity index (χ4v) is 5.63. The lowest BCUT2D eigenvalue weighted by Crippen LogP contribution is -2.37. The predicted octanol–water partition coefficient (Wildman–Crippen LogP) is 5.56. The van der Waals surface area contributed by atoms with Gasteiger partial charge in [-0.25, -0.2) is 9.34 Å². The summed E-state index contributed by atoms with van der Waals surface area (Å²) in [4.78, 5) is 0. The summed E-state index contributed by atoms with van der Waals surface area (Å²) in [5.74, 6) is 1.82. The summed E-state index contributed by atoms with van der Waals surface area (Å²) >= 11 is 6.65. The van der Waals surface area contributed by atoms with Crippen LogP contribution in [0.1, 0.15) is 55.4 Å². The molecule has 0 N–H and O–H groups in total. The fourth-order valence-electron chi connectivity index (χ4n) is 2.42. The molecule has 0 spiro atoms. The van der Waals surface area contributed by atoms with Crippen molar-refractivity contribution in [2.75, 3.05) is 26.2 Å². The lowest BCUT2D eigenvalue weighted by Gasteiger charge is -2.38. The summed E-state index contributed by atoms with van der Waals surface area (Å²) in [6.45, 7) is 17.4. The average Bonchev–Trinajstić information content (AvgIpc) is 2.24. The highest BCUT2D eigenvalue weighted by molar-refractivity contribution is 7.85. The van der Waals surface area contributed by atoms with Crippen LogP contribution in [0.5, 0.6) is 0 Å². The van der Waals surface area contributed by atoms with Gasteiger partial charge in [0.25, 0.3) is 0 Å². The van der Waals surface area contributed by atoms with Crippen LogP contribution in [0.4, 0.5) is 0 Å². The number of hydrogen-bond donors (Lipinski definition) is 0. The molecule has 5 heteroatoms. The third-order valence-electron chi connectivity index (χ3n) is 3.00. The summed E-state index contributed by atoms with van der Waals surface area (Å²) < 4.78 is 17.4. The minimum absolute atomic E-state index is 0.454. The molecule has 0 fully saturated rings. The Kier molecular flexibility index (Phi) is 9.75. The molecule has 0 bridgehead atoms. The van der Waals surface area contributed by atoms with E-state index >= 15 is 0 Å². The van der Waals surface area contributed by atoms with Gasteiger partial charge in [-0.2, -0.15) is 0 Å². The van der Waals surface area contributed by atoms with E-state index in [0.717, 1.165) is 26.2 Å². The van der Waals surface area contributed by atoms with Crippen LogP contribution in [0.15, 0.2) is 0 Å². The van der Waals surface area contributed by atoms with Gasteiger partial charge in [-0.1, -0.05) is 55.4 Å². The molecule has 0 unspecified atom stereocenters. The van der Waals surface area contributed by atoms with Gasteiger partial charge in [0.2, 0.25) is 0 Å². The van der Waals surface area contributed by atoms with E-state index in [1.54, 1.807) is 0 Å². The Morgan fingerprint density at radius 1 is 0.667 bits per heavy atom. The molecule has 0 saturated carbocycles. The van der Waals surface area contributed by atoms with Crippen LogP contribution in [0.25, 0.3) is 0 Å². The van der Waals surface area contributed by atoms with Crippen molar-refractivity contribution in [3.05, 3.63) is 0 Å². The molecule has 0 amide bonds. The Balaban J connectivity index is 5.28. The lowest BCUT2D eigenvalue weighted by atomic mass is 10.2. The summed E-state index contributed by atoms with van der Waals surface area (Å²) in [7, 11) is 0. The molecule has 0 rings (SSSR count). The third-order valence-corrected chi connectivity index (χ3v) is 6.33. The zero-order valence-electron chi connectivity index (χ0n) is 15.3. The van der Waals surface area contributed by atoms with Crippen molar-refractivity contribution in [3.8, 4) is 0 Å². The van der Waals surface area contributed by atoms with Crippen LogP contribution < -0.4 is 0 Å². The van der Waals surface area contributed by atoms with Crippen LogP contribution in [-0.2, 0) is 4.57 Å². The molecule has 0 aliphatic rings. The molecule has 0 aliphatic carbocycles. The highest BCUT2D eigenvalue weighted by atomic mass is 35.7. The van der Waals surface area contributed by atoms with Crippen molar-refractivity contribution >= 4 is 18.0 Å². The van der Waals surface area contributed by atoms with Crippen LogP contribution >= 0.6 is 18.0 Å². The number of rotatable bonds is 10. The van der Waals surface area contributed by atoms with Crippen molar-refractivity contribution < 1.29 is 4.57 Å². The van der Waals surface area contributed by atoms with Gasteiger partial charge >= 0.3 is 6.80 Å². The second kappa shape index (κ2) is 9.55. The van der Waals surface area contributed by atoms with E-state index in [-0.39, 0.29) is 0 Å². The molecule has 0 aliphatic heterocycles. The molecular weight excluding hydrogens is 303 g/mol. The highest BCUT2D eigenvalue weighted by Crippen LogP contribution is 2.59. The Bertz CT molecular complexity index is 284. The largest absolute Gasteiger partial charge is 0.304 e. The van der Waals surface area contributed by atoms with Crippen LogP contribution in [0.2, 0.25) is 0 Å². The van der Waals surface area contributed by atoms with E-state index in [4.69, 9.17) is 11.2 Å². The second-order valence-electron chi connectivity index (χ2n) is 7.79. The smallest absolute Gasteiger partial charge is 0.271 e. The molecule has 0 radical (unpaired) electrons. The molecule has 0 heterocycles. The van der Waals surface area contributed by atoms with E-state index < -0.39 is 6.80 Å². The normalized spacial score (nSPS) is 13.7. The molecule has 0 saturated heterocycles. The van der Waals surface area contributed by atoms with E-state index in [1.807, 2.05) is 9.34 Å².